The van der Waals surface area contributed by atoms with Gasteiger partial charge in [-0.05, 0) is 31.1 Å². The second kappa shape index (κ2) is 7.09. The third kappa shape index (κ3) is 3.97. The van der Waals surface area contributed by atoms with Gasteiger partial charge < -0.3 is 10.2 Å². The quantitative estimate of drug-likeness (QED) is 0.859. The van der Waals surface area contributed by atoms with Crippen LogP contribution < -0.4 is 5.32 Å². The zero-order chi connectivity index (χ0) is 14.5. The van der Waals surface area contributed by atoms with Crippen LogP contribution in [0.5, 0.6) is 0 Å². The van der Waals surface area contributed by atoms with E-state index in [1.807, 2.05) is 4.90 Å². The molecule has 0 aromatic heterocycles. The predicted octanol–water partition coefficient (Wildman–Crippen LogP) is 2.33. The summed E-state index contributed by atoms with van der Waals surface area (Å²) < 4.78 is 0. The maximum Gasteiger partial charge on any atom is 0.245 e. The summed E-state index contributed by atoms with van der Waals surface area (Å²) in [5.41, 5.74) is 0. The van der Waals surface area contributed by atoms with Gasteiger partial charge in [-0.25, -0.2) is 0 Å². The highest BCUT2D eigenvalue weighted by atomic mass is 16.2. The van der Waals surface area contributed by atoms with E-state index < -0.39 is 0 Å². The molecule has 3 atom stereocenters. The van der Waals surface area contributed by atoms with Gasteiger partial charge in [-0.1, -0.05) is 33.1 Å². The molecule has 0 aromatic carbocycles. The van der Waals surface area contributed by atoms with E-state index in [0.29, 0.717) is 18.9 Å². The highest BCUT2D eigenvalue weighted by molar-refractivity contribution is 5.89. The Labute approximate surface area is 122 Å². The highest BCUT2D eigenvalue weighted by Gasteiger charge is 2.31. The molecule has 0 bridgehead atoms. The number of carbonyl (C=O) groups is 2. The molecule has 2 rings (SSSR count). The van der Waals surface area contributed by atoms with Crippen molar-refractivity contribution >= 4 is 11.8 Å². The summed E-state index contributed by atoms with van der Waals surface area (Å²) in [7, 11) is 0. The normalized spacial score (nSPS) is 31.9. The van der Waals surface area contributed by atoms with Crippen molar-refractivity contribution in [1.29, 1.82) is 0 Å². The van der Waals surface area contributed by atoms with Crippen molar-refractivity contribution < 1.29 is 9.59 Å². The number of nitrogens with zero attached hydrogens (tertiary/aromatic N) is 1. The Morgan fingerprint density at radius 1 is 1.30 bits per heavy atom. The molecular formula is C16H28N2O2. The maximum absolute atomic E-state index is 12.5. The van der Waals surface area contributed by atoms with E-state index in [0.717, 1.165) is 25.3 Å². The van der Waals surface area contributed by atoms with Crippen LogP contribution >= 0.6 is 0 Å². The molecule has 0 aromatic rings. The molecule has 1 heterocycles. The van der Waals surface area contributed by atoms with Crippen LogP contribution in [-0.2, 0) is 9.59 Å². The number of hydrogen-bond donors (Lipinski definition) is 1. The van der Waals surface area contributed by atoms with Gasteiger partial charge in [-0.2, -0.15) is 0 Å². The molecule has 20 heavy (non-hydrogen) atoms. The van der Waals surface area contributed by atoms with E-state index >= 15 is 0 Å². The summed E-state index contributed by atoms with van der Waals surface area (Å²) in [6, 6.07) is -0.295. The predicted molar refractivity (Wildman–Crippen MR) is 79.2 cm³/mol. The maximum atomic E-state index is 12.5. The van der Waals surface area contributed by atoms with Gasteiger partial charge in [0.1, 0.15) is 6.04 Å². The van der Waals surface area contributed by atoms with Crippen LogP contribution in [0.15, 0.2) is 0 Å². The second-order valence-corrected chi connectivity index (χ2v) is 6.58. The van der Waals surface area contributed by atoms with Gasteiger partial charge in [-0.15, -0.1) is 0 Å². The lowest BCUT2D eigenvalue weighted by Crippen LogP contribution is -2.46. The average Bonchev–Trinajstić information content (AvgIpc) is 2.53. The first-order valence-electron chi connectivity index (χ1n) is 8.18. The van der Waals surface area contributed by atoms with E-state index in [1.165, 1.54) is 25.7 Å². The van der Waals surface area contributed by atoms with Crippen LogP contribution in [0.4, 0.5) is 0 Å². The molecule has 4 heteroatoms. The highest BCUT2D eigenvalue weighted by Crippen LogP contribution is 2.29. The minimum absolute atomic E-state index is 0.0244. The van der Waals surface area contributed by atoms with E-state index in [4.69, 9.17) is 0 Å². The topological polar surface area (TPSA) is 49.4 Å². The first-order valence-corrected chi connectivity index (χ1v) is 8.18. The van der Waals surface area contributed by atoms with E-state index in [-0.39, 0.29) is 17.9 Å². The Morgan fingerprint density at radius 3 is 2.80 bits per heavy atom. The summed E-state index contributed by atoms with van der Waals surface area (Å²) in [6.07, 6.45) is 7.19. The molecule has 1 saturated carbocycles. The third-order valence-corrected chi connectivity index (χ3v) is 4.65. The summed E-state index contributed by atoms with van der Waals surface area (Å²) in [5.74, 6) is 1.56. The molecule has 1 aliphatic heterocycles. The number of amides is 2. The minimum atomic E-state index is -0.295. The average molecular weight is 280 g/mol. The summed E-state index contributed by atoms with van der Waals surface area (Å²) in [6.45, 7) is 5.80. The fourth-order valence-electron chi connectivity index (χ4n) is 3.60. The molecule has 2 amide bonds. The van der Waals surface area contributed by atoms with Crippen molar-refractivity contribution in [2.24, 2.45) is 11.8 Å². The Morgan fingerprint density at radius 2 is 2.10 bits per heavy atom. The fraction of sp³-hybridized carbons (Fsp3) is 0.875. The molecule has 4 nitrogen and oxygen atoms in total. The van der Waals surface area contributed by atoms with Crippen LogP contribution in [0, 0.1) is 11.8 Å². The third-order valence-electron chi connectivity index (χ3n) is 4.65. The molecule has 3 unspecified atom stereocenters. The lowest BCUT2D eigenvalue weighted by molar-refractivity contribution is -0.134. The Bertz CT molecular complexity index is 356. The first kappa shape index (κ1) is 15.3. The van der Waals surface area contributed by atoms with Crippen molar-refractivity contribution in [3.8, 4) is 0 Å². The Hall–Kier alpha value is -1.06. The van der Waals surface area contributed by atoms with Crippen molar-refractivity contribution in [3.05, 3.63) is 0 Å². The van der Waals surface area contributed by atoms with Crippen molar-refractivity contribution in [3.63, 3.8) is 0 Å². The van der Waals surface area contributed by atoms with Gasteiger partial charge in [0.15, 0.2) is 0 Å². The van der Waals surface area contributed by atoms with Gasteiger partial charge in [0, 0.05) is 19.5 Å². The van der Waals surface area contributed by atoms with Crippen LogP contribution in [0.3, 0.4) is 0 Å². The molecule has 1 N–H and O–H groups in total. The van der Waals surface area contributed by atoms with Gasteiger partial charge in [-0.3, -0.25) is 9.59 Å². The summed E-state index contributed by atoms with van der Waals surface area (Å²) >= 11 is 0. The fourth-order valence-corrected chi connectivity index (χ4v) is 3.60. The number of rotatable bonds is 4. The lowest BCUT2D eigenvalue weighted by atomic mass is 9.82. The zero-order valence-corrected chi connectivity index (χ0v) is 12.9. The Balaban J connectivity index is 1.97. The van der Waals surface area contributed by atoms with E-state index in [9.17, 15) is 9.59 Å². The van der Waals surface area contributed by atoms with Gasteiger partial charge in [0.25, 0.3) is 0 Å². The van der Waals surface area contributed by atoms with Crippen molar-refractivity contribution in [1.82, 2.24) is 10.2 Å². The van der Waals surface area contributed by atoms with Gasteiger partial charge in [0.2, 0.25) is 11.8 Å². The number of nitrogens with one attached hydrogen (secondary N) is 1. The first-order chi connectivity index (χ1) is 9.60. The van der Waals surface area contributed by atoms with Crippen LogP contribution in [0.2, 0.25) is 0 Å². The molecular weight excluding hydrogens is 252 g/mol. The van der Waals surface area contributed by atoms with Crippen molar-refractivity contribution in [2.45, 2.75) is 64.8 Å². The smallest absolute Gasteiger partial charge is 0.245 e. The zero-order valence-electron chi connectivity index (χ0n) is 12.9. The molecule has 2 aliphatic rings. The molecule has 2 fully saturated rings. The van der Waals surface area contributed by atoms with Crippen LogP contribution in [0.25, 0.3) is 0 Å². The SMILES string of the molecule is CCCC1NC(=O)CCN(CC2CCCC(C)C2)C1=O. The van der Waals surface area contributed by atoms with Gasteiger partial charge >= 0.3 is 0 Å². The van der Waals surface area contributed by atoms with Crippen LogP contribution in [-0.4, -0.2) is 35.8 Å². The molecule has 0 radical (unpaired) electrons. The summed E-state index contributed by atoms with van der Waals surface area (Å²) in [5, 5.41) is 2.88. The standard InChI is InChI=1S/C16H28N2O2/c1-3-5-14-16(20)18(9-8-15(19)17-14)11-13-7-4-6-12(2)10-13/h12-14H,3-11H2,1-2H3,(H,17,19). The lowest BCUT2D eigenvalue weighted by Gasteiger charge is -2.32. The molecule has 0 spiro atoms. The van der Waals surface area contributed by atoms with Gasteiger partial charge in [0.05, 0.1) is 0 Å². The van der Waals surface area contributed by atoms with E-state index in [2.05, 4.69) is 19.2 Å². The largest absolute Gasteiger partial charge is 0.344 e. The second-order valence-electron chi connectivity index (χ2n) is 6.58. The monoisotopic (exact) mass is 280 g/mol. The molecule has 1 saturated heterocycles. The summed E-state index contributed by atoms with van der Waals surface area (Å²) in [4.78, 5) is 26.2. The van der Waals surface area contributed by atoms with Crippen molar-refractivity contribution in [2.75, 3.05) is 13.1 Å². The molecule has 114 valence electrons. The number of carbonyl (C=O) groups excluding carboxylic acids is 2. The Kier molecular flexibility index (Phi) is 5.44. The number of hydrogen-bond acceptors (Lipinski definition) is 2. The van der Waals surface area contributed by atoms with E-state index in [1.54, 1.807) is 0 Å². The molecule has 1 aliphatic carbocycles. The minimum Gasteiger partial charge on any atom is -0.344 e. The van der Waals surface area contributed by atoms with Crippen LogP contribution in [0.1, 0.15) is 58.8 Å².